The van der Waals surface area contributed by atoms with Crippen molar-refractivity contribution >= 4 is 15.7 Å². The third-order valence-corrected chi connectivity index (χ3v) is 4.48. The number of nitrogens with one attached hydrogen (secondary N) is 1. The molecule has 22 heavy (non-hydrogen) atoms. The topological polar surface area (TPSA) is 46.2 Å². The predicted octanol–water partition coefficient (Wildman–Crippen LogP) is 3.95. The first-order chi connectivity index (χ1) is 10.5. The third-order valence-electron chi connectivity index (χ3n) is 3.10. The molecule has 3 nitrogen and oxygen atoms in total. The number of rotatable bonds is 4. The Kier molecular flexibility index (Phi) is 5.24. The number of benzene rings is 2. The van der Waals surface area contributed by atoms with Crippen LogP contribution in [0.3, 0.4) is 0 Å². The maximum absolute atomic E-state index is 12.4. The number of hydrogen-bond acceptors (Lipinski definition) is 2. The monoisotopic (exact) mass is 313 g/mol. The summed E-state index contributed by atoms with van der Waals surface area (Å²) >= 11 is 0. The van der Waals surface area contributed by atoms with Gasteiger partial charge in [0.1, 0.15) is 0 Å². The van der Waals surface area contributed by atoms with Gasteiger partial charge in [0.05, 0.1) is 10.6 Å². The van der Waals surface area contributed by atoms with Gasteiger partial charge in [-0.1, -0.05) is 48.6 Å². The third kappa shape index (κ3) is 4.12. The van der Waals surface area contributed by atoms with Crippen molar-refractivity contribution in [2.45, 2.75) is 31.6 Å². The Bertz CT molecular complexity index is 797. The molecule has 4 heteroatoms. The first-order valence-corrected chi connectivity index (χ1v) is 8.68. The smallest absolute Gasteiger partial charge is 0.261 e. The van der Waals surface area contributed by atoms with Crippen molar-refractivity contribution in [2.75, 3.05) is 4.72 Å². The molecule has 0 aliphatic heterocycles. The number of anilines is 1. The van der Waals surface area contributed by atoms with Crippen LogP contribution < -0.4 is 4.72 Å². The minimum atomic E-state index is -3.60. The van der Waals surface area contributed by atoms with E-state index in [-0.39, 0.29) is 4.90 Å². The molecule has 114 valence electrons. The fraction of sp³-hybridized carbons (Fsp3) is 0.222. The molecule has 0 aliphatic carbocycles. The van der Waals surface area contributed by atoms with Gasteiger partial charge in [0.25, 0.3) is 10.0 Å². The molecule has 0 amide bonds. The molecular weight excluding hydrogens is 294 g/mol. The van der Waals surface area contributed by atoms with Crippen molar-refractivity contribution in [2.24, 2.45) is 0 Å². The molecule has 0 unspecified atom stereocenters. The summed E-state index contributed by atoms with van der Waals surface area (Å²) in [6.07, 6.45) is 1.77. The SMILES string of the molecule is CCCC#Cc1ccccc1NS(=O)(=O)c1ccc(C)cc1. The van der Waals surface area contributed by atoms with Crippen LogP contribution in [0, 0.1) is 18.8 Å². The van der Waals surface area contributed by atoms with Crippen molar-refractivity contribution in [1.29, 1.82) is 0 Å². The minimum Gasteiger partial charge on any atom is -0.278 e. The fourth-order valence-electron chi connectivity index (χ4n) is 1.88. The van der Waals surface area contributed by atoms with Gasteiger partial charge < -0.3 is 0 Å². The highest BCUT2D eigenvalue weighted by molar-refractivity contribution is 7.92. The number of unbranched alkanes of at least 4 members (excludes halogenated alkanes) is 1. The van der Waals surface area contributed by atoms with Crippen LogP contribution in [-0.2, 0) is 10.0 Å². The van der Waals surface area contributed by atoms with Crippen molar-refractivity contribution < 1.29 is 8.42 Å². The summed E-state index contributed by atoms with van der Waals surface area (Å²) in [7, 11) is -3.60. The van der Waals surface area contributed by atoms with Crippen molar-refractivity contribution in [3.63, 3.8) is 0 Å². The molecule has 1 N–H and O–H groups in total. The summed E-state index contributed by atoms with van der Waals surface area (Å²) in [4.78, 5) is 0.245. The maximum atomic E-state index is 12.4. The average molecular weight is 313 g/mol. The zero-order chi connectivity index (χ0) is 16.0. The van der Waals surface area contributed by atoms with E-state index in [0.29, 0.717) is 11.3 Å². The van der Waals surface area contributed by atoms with E-state index in [1.54, 1.807) is 36.4 Å². The van der Waals surface area contributed by atoms with Crippen LogP contribution in [0.25, 0.3) is 0 Å². The Morgan fingerprint density at radius 2 is 1.73 bits per heavy atom. The van der Waals surface area contributed by atoms with Crippen LogP contribution in [0.2, 0.25) is 0 Å². The lowest BCUT2D eigenvalue weighted by Crippen LogP contribution is -2.13. The van der Waals surface area contributed by atoms with E-state index in [2.05, 4.69) is 23.5 Å². The van der Waals surface area contributed by atoms with E-state index in [9.17, 15) is 8.42 Å². The van der Waals surface area contributed by atoms with E-state index >= 15 is 0 Å². The van der Waals surface area contributed by atoms with Gasteiger partial charge in [-0.3, -0.25) is 4.72 Å². The second kappa shape index (κ2) is 7.15. The lowest BCUT2D eigenvalue weighted by atomic mass is 10.2. The van der Waals surface area contributed by atoms with Gasteiger partial charge in [-0.25, -0.2) is 8.42 Å². The molecule has 0 radical (unpaired) electrons. The second-order valence-electron chi connectivity index (χ2n) is 5.02. The van der Waals surface area contributed by atoms with Gasteiger partial charge in [-0.05, 0) is 37.6 Å². The molecule has 0 bridgehead atoms. The van der Waals surface area contributed by atoms with Crippen LogP contribution in [0.1, 0.15) is 30.9 Å². The van der Waals surface area contributed by atoms with Gasteiger partial charge in [0, 0.05) is 12.0 Å². The van der Waals surface area contributed by atoms with Crippen LogP contribution in [0.15, 0.2) is 53.4 Å². The Labute approximate surface area is 132 Å². The number of sulfonamides is 1. The molecule has 2 rings (SSSR count). The van der Waals surface area contributed by atoms with Crippen LogP contribution in [-0.4, -0.2) is 8.42 Å². The van der Waals surface area contributed by atoms with E-state index in [1.165, 1.54) is 0 Å². The van der Waals surface area contributed by atoms with Crippen molar-refractivity contribution in [3.8, 4) is 11.8 Å². The fourth-order valence-corrected chi connectivity index (χ4v) is 2.96. The van der Waals surface area contributed by atoms with Gasteiger partial charge in [-0.2, -0.15) is 0 Å². The number of aryl methyl sites for hydroxylation is 1. The molecule has 0 aromatic heterocycles. The molecule has 2 aromatic carbocycles. The quantitative estimate of drug-likeness (QED) is 0.869. The van der Waals surface area contributed by atoms with Gasteiger partial charge in [-0.15, -0.1) is 0 Å². The number of para-hydroxylation sites is 1. The van der Waals surface area contributed by atoms with E-state index in [0.717, 1.165) is 18.4 Å². The van der Waals surface area contributed by atoms with Crippen LogP contribution >= 0.6 is 0 Å². The van der Waals surface area contributed by atoms with Crippen LogP contribution in [0.5, 0.6) is 0 Å². The molecule has 0 saturated carbocycles. The van der Waals surface area contributed by atoms with Crippen molar-refractivity contribution in [3.05, 3.63) is 59.7 Å². The first-order valence-electron chi connectivity index (χ1n) is 7.20. The Morgan fingerprint density at radius 1 is 1.05 bits per heavy atom. The lowest BCUT2D eigenvalue weighted by molar-refractivity contribution is 0.601. The summed E-state index contributed by atoms with van der Waals surface area (Å²) in [6.45, 7) is 3.98. The Balaban J connectivity index is 2.30. The molecule has 2 aromatic rings. The summed E-state index contributed by atoms with van der Waals surface area (Å²) in [5, 5.41) is 0. The van der Waals surface area contributed by atoms with Crippen LogP contribution in [0.4, 0.5) is 5.69 Å². The molecule has 0 fully saturated rings. The lowest BCUT2D eigenvalue weighted by Gasteiger charge is -2.10. The first kappa shape index (κ1) is 16.1. The largest absolute Gasteiger partial charge is 0.278 e. The highest BCUT2D eigenvalue weighted by Crippen LogP contribution is 2.19. The highest BCUT2D eigenvalue weighted by Gasteiger charge is 2.15. The zero-order valence-electron chi connectivity index (χ0n) is 12.8. The standard InChI is InChI=1S/C18H19NO2S/c1-3-4-5-8-16-9-6-7-10-18(16)19-22(20,21)17-13-11-15(2)12-14-17/h6-7,9-14,19H,3-4H2,1-2H3. The molecular formula is C18H19NO2S. The molecule has 0 saturated heterocycles. The van der Waals surface area contributed by atoms with E-state index in [4.69, 9.17) is 0 Å². The average Bonchev–Trinajstić information content (AvgIpc) is 2.49. The summed E-state index contributed by atoms with van der Waals surface area (Å²) in [5.41, 5.74) is 2.21. The Hall–Kier alpha value is -2.25. The Morgan fingerprint density at radius 3 is 2.41 bits per heavy atom. The van der Waals surface area contributed by atoms with Gasteiger partial charge in [0.2, 0.25) is 0 Å². The summed E-state index contributed by atoms with van der Waals surface area (Å²) in [5.74, 6) is 6.06. The number of hydrogen-bond donors (Lipinski definition) is 1. The van der Waals surface area contributed by atoms with E-state index < -0.39 is 10.0 Å². The van der Waals surface area contributed by atoms with E-state index in [1.807, 2.05) is 19.1 Å². The summed E-state index contributed by atoms with van der Waals surface area (Å²) < 4.78 is 27.5. The second-order valence-corrected chi connectivity index (χ2v) is 6.70. The maximum Gasteiger partial charge on any atom is 0.261 e. The predicted molar refractivity (Wildman–Crippen MR) is 90.2 cm³/mol. The minimum absolute atomic E-state index is 0.245. The molecule has 0 aliphatic rings. The van der Waals surface area contributed by atoms with Gasteiger partial charge in [0.15, 0.2) is 0 Å². The molecule has 0 heterocycles. The molecule has 0 spiro atoms. The summed E-state index contributed by atoms with van der Waals surface area (Å²) in [6, 6.07) is 13.9. The van der Waals surface area contributed by atoms with Gasteiger partial charge >= 0.3 is 0 Å². The normalized spacial score (nSPS) is 10.6. The van der Waals surface area contributed by atoms with Crippen molar-refractivity contribution in [1.82, 2.24) is 0 Å². The highest BCUT2D eigenvalue weighted by atomic mass is 32.2. The zero-order valence-corrected chi connectivity index (χ0v) is 13.6. The molecule has 0 atom stereocenters.